The highest BCUT2D eigenvalue weighted by atomic mass is 16.7. The number of rotatable bonds is 13. The lowest BCUT2D eigenvalue weighted by atomic mass is 9.94. The maximum absolute atomic E-state index is 14.1. The molecule has 12 heteroatoms. The number of ether oxygens (including phenoxy) is 8. The van der Waals surface area contributed by atoms with Gasteiger partial charge in [-0.1, -0.05) is 97.1 Å². The zero-order valence-corrected chi connectivity index (χ0v) is 30.6. The van der Waals surface area contributed by atoms with Crippen LogP contribution in [0.5, 0.6) is 0 Å². The van der Waals surface area contributed by atoms with Gasteiger partial charge in [-0.2, -0.15) is 0 Å². The van der Waals surface area contributed by atoms with Gasteiger partial charge in [0.25, 0.3) is 0 Å². The molecule has 54 heavy (non-hydrogen) atoms. The molecule has 6 rings (SSSR count). The SMILES string of the molecule is CO[C@@H]1O[C@@H](C)[C@H](OCc2ccccc2)[C@@H](OC(=O)c2ccccc2-c2ccccc2C(=O)O[C@H]2[C@H](OC)O[C@@H](C)[C@H](OCc3ccccc3)[C@H]2O)[C@H]1O. The summed E-state index contributed by atoms with van der Waals surface area (Å²) < 4.78 is 46.9. The summed E-state index contributed by atoms with van der Waals surface area (Å²) in [5, 5.41) is 22.7. The van der Waals surface area contributed by atoms with Crippen molar-refractivity contribution in [3.63, 3.8) is 0 Å². The topological polar surface area (TPSA) is 148 Å². The van der Waals surface area contributed by atoms with Crippen molar-refractivity contribution in [3.8, 4) is 11.1 Å². The largest absolute Gasteiger partial charge is 0.453 e. The molecule has 0 saturated carbocycles. The number of aliphatic hydroxyl groups is 2. The molecule has 2 heterocycles. The maximum Gasteiger partial charge on any atom is 0.339 e. The smallest absolute Gasteiger partial charge is 0.339 e. The average Bonchev–Trinajstić information content (AvgIpc) is 3.20. The van der Waals surface area contributed by atoms with E-state index in [1.54, 1.807) is 62.4 Å². The van der Waals surface area contributed by atoms with Crippen LogP contribution in [0.1, 0.15) is 45.7 Å². The van der Waals surface area contributed by atoms with Gasteiger partial charge in [-0.3, -0.25) is 0 Å². The molecule has 2 fully saturated rings. The first-order chi connectivity index (χ1) is 26.2. The Morgan fingerprint density at radius 2 is 0.963 bits per heavy atom. The van der Waals surface area contributed by atoms with Gasteiger partial charge in [-0.15, -0.1) is 0 Å². The molecule has 0 aromatic heterocycles. The summed E-state index contributed by atoms with van der Waals surface area (Å²) in [5.74, 6) is -1.55. The Morgan fingerprint density at radius 1 is 0.537 bits per heavy atom. The molecule has 2 saturated heterocycles. The van der Waals surface area contributed by atoms with Crippen LogP contribution in [0, 0.1) is 0 Å². The first-order valence-corrected chi connectivity index (χ1v) is 17.8. The van der Waals surface area contributed by atoms with E-state index < -0.39 is 73.4 Å². The van der Waals surface area contributed by atoms with Gasteiger partial charge in [-0.25, -0.2) is 9.59 Å². The zero-order chi connectivity index (χ0) is 38.2. The summed E-state index contributed by atoms with van der Waals surface area (Å²) in [7, 11) is 2.79. The number of hydrogen-bond acceptors (Lipinski definition) is 12. The second kappa shape index (κ2) is 18.2. The Bertz CT molecular complexity index is 1820. The summed E-state index contributed by atoms with van der Waals surface area (Å²) in [6.45, 7) is 3.90. The molecule has 0 unspecified atom stereocenters. The quantitative estimate of drug-likeness (QED) is 0.176. The Labute approximate surface area is 314 Å². The van der Waals surface area contributed by atoms with Crippen molar-refractivity contribution in [2.24, 2.45) is 0 Å². The maximum atomic E-state index is 14.1. The van der Waals surface area contributed by atoms with Crippen molar-refractivity contribution in [1.82, 2.24) is 0 Å². The lowest BCUT2D eigenvalue weighted by molar-refractivity contribution is -0.293. The predicted molar refractivity (Wildman–Crippen MR) is 195 cm³/mol. The van der Waals surface area contributed by atoms with Crippen LogP contribution in [0.3, 0.4) is 0 Å². The van der Waals surface area contributed by atoms with Crippen molar-refractivity contribution in [3.05, 3.63) is 131 Å². The van der Waals surface area contributed by atoms with Gasteiger partial charge < -0.3 is 48.1 Å². The molecule has 0 aliphatic carbocycles. The van der Waals surface area contributed by atoms with Crippen molar-refractivity contribution >= 4 is 11.9 Å². The van der Waals surface area contributed by atoms with E-state index in [1.165, 1.54) is 14.2 Å². The molecule has 0 spiro atoms. The second-order valence-corrected chi connectivity index (χ2v) is 13.2. The van der Waals surface area contributed by atoms with Crippen LogP contribution in [-0.2, 0) is 51.1 Å². The fraction of sp³-hybridized carbons (Fsp3) is 0.381. The molecule has 12 nitrogen and oxygen atoms in total. The molecule has 2 aliphatic heterocycles. The highest BCUT2D eigenvalue weighted by Crippen LogP contribution is 2.33. The van der Waals surface area contributed by atoms with Crippen LogP contribution in [0.25, 0.3) is 11.1 Å². The fourth-order valence-corrected chi connectivity index (χ4v) is 6.79. The lowest BCUT2D eigenvalue weighted by Gasteiger charge is -2.42. The molecule has 0 radical (unpaired) electrons. The van der Waals surface area contributed by atoms with Gasteiger partial charge in [0.15, 0.2) is 24.8 Å². The Hall–Kier alpha value is -4.50. The van der Waals surface area contributed by atoms with Gasteiger partial charge in [0.2, 0.25) is 0 Å². The van der Waals surface area contributed by atoms with Crippen molar-refractivity contribution in [1.29, 1.82) is 0 Å². The van der Waals surface area contributed by atoms with E-state index in [4.69, 9.17) is 37.9 Å². The Balaban J connectivity index is 1.23. The summed E-state index contributed by atoms with van der Waals surface area (Å²) in [5.41, 5.74) is 2.77. The third-order valence-corrected chi connectivity index (χ3v) is 9.61. The van der Waals surface area contributed by atoms with Crippen LogP contribution < -0.4 is 0 Å². The average molecular weight is 743 g/mol. The van der Waals surface area contributed by atoms with Crippen LogP contribution in [-0.4, -0.2) is 97.8 Å². The minimum absolute atomic E-state index is 0.114. The van der Waals surface area contributed by atoms with E-state index in [9.17, 15) is 19.8 Å². The minimum atomic E-state index is -1.37. The molecular weight excluding hydrogens is 696 g/mol. The normalized spacial score (nSPS) is 28.3. The number of benzene rings is 4. The summed E-state index contributed by atoms with van der Waals surface area (Å²) in [6, 6.07) is 32.2. The van der Waals surface area contributed by atoms with Crippen molar-refractivity contribution in [2.75, 3.05) is 14.2 Å². The Morgan fingerprint density at radius 3 is 1.48 bits per heavy atom. The number of methoxy groups -OCH3 is 2. The first kappa shape index (κ1) is 39.2. The summed E-state index contributed by atoms with van der Waals surface area (Å²) >= 11 is 0. The predicted octanol–water partition coefficient (Wildman–Crippen LogP) is 5.08. The van der Waals surface area contributed by atoms with E-state index in [0.29, 0.717) is 11.1 Å². The zero-order valence-electron chi connectivity index (χ0n) is 30.6. The van der Waals surface area contributed by atoms with Crippen molar-refractivity contribution in [2.45, 2.75) is 88.5 Å². The second-order valence-electron chi connectivity index (χ2n) is 13.2. The van der Waals surface area contributed by atoms with Crippen LogP contribution in [0.2, 0.25) is 0 Å². The molecule has 10 atom stereocenters. The van der Waals surface area contributed by atoms with E-state index in [-0.39, 0.29) is 24.3 Å². The number of carbonyl (C=O) groups excluding carboxylic acids is 2. The highest BCUT2D eigenvalue weighted by molar-refractivity contribution is 6.03. The highest BCUT2D eigenvalue weighted by Gasteiger charge is 2.48. The van der Waals surface area contributed by atoms with E-state index in [1.807, 2.05) is 60.7 Å². The third kappa shape index (κ3) is 8.89. The molecule has 0 bridgehead atoms. The molecule has 2 N–H and O–H groups in total. The molecule has 286 valence electrons. The van der Waals surface area contributed by atoms with Crippen LogP contribution in [0.4, 0.5) is 0 Å². The van der Waals surface area contributed by atoms with Gasteiger partial charge in [0, 0.05) is 14.2 Å². The lowest BCUT2D eigenvalue weighted by Crippen LogP contribution is -2.59. The number of hydrogen-bond donors (Lipinski definition) is 2. The van der Waals surface area contributed by atoms with Crippen molar-refractivity contribution < 1.29 is 57.7 Å². The molecule has 0 amide bonds. The van der Waals surface area contributed by atoms with E-state index in [2.05, 4.69) is 0 Å². The van der Waals surface area contributed by atoms with E-state index >= 15 is 0 Å². The standard InChI is InChI=1S/C42H46O12/c1-25-35(49-23-27-15-7-5-8-16-27)33(43)38(42(48-4)52-25)54-40(46)32-22-14-12-20-30(32)29-19-11-13-21-31(29)39(45)53-37-34(44)41(47-3)51-26(2)36(37)50-24-28-17-9-6-10-18-28/h5-22,25-26,33-38,41-44H,23-24H2,1-4H3/t25-,26-,33+,34+,35-,36-,37-,38+,41+,42+/m0/s1. The number of esters is 2. The van der Waals surface area contributed by atoms with Gasteiger partial charge in [-0.05, 0) is 48.2 Å². The molecule has 4 aromatic carbocycles. The molecule has 4 aromatic rings. The third-order valence-electron chi connectivity index (χ3n) is 9.61. The Kier molecular flexibility index (Phi) is 13.2. The summed E-state index contributed by atoms with van der Waals surface area (Å²) in [6.07, 6.45) is -10.1. The van der Waals surface area contributed by atoms with Gasteiger partial charge >= 0.3 is 11.9 Å². The van der Waals surface area contributed by atoms with Gasteiger partial charge in [0.1, 0.15) is 24.4 Å². The summed E-state index contributed by atoms with van der Waals surface area (Å²) in [4.78, 5) is 28.0. The molecular formula is C42H46O12. The fourth-order valence-electron chi connectivity index (χ4n) is 6.79. The number of aliphatic hydroxyl groups excluding tert-OH is 2. The number of carbonyl (C=O) groups is 2. The van der Waals surface area contributed by atoms with Crippen LogP contribution >= 0.6 is 0 Å². The van der Waals surface area contributed by atoms with Gasteiger partial charge in [0.05, 0.1) is 36.5 Å². The van der Waals surface area contributed by atoms with Crippen LogP contribution in [0.15, 0.2) is 109 Å². The minimum Gasteiger partial charge on any atom is -0.453 e. The van der Waals surface area contributed by atoms with E-state index in [0.717, 1.165) is 11.1 Å². The monoisotopic (exact) mass is 742 g/mol. The first-order valence-electron chi connectivity index (χ1n) is 17.8. The molecule has 2 aliphatic rings.